The minimum Gasteiger partial charge on any atom is -0.343 e. The summed E-state index contributed by atoms with van der Waals surface area (Å²) in [5.41, 5.74) is 1.10. The van der Waals surface area contributed by atoms with Crippen molar-refractivity contribution < 1.29 is 14.5 Å². The average molecular weight is 347 g/mol. The van der Waals surface area contributed by atoms with Gasteiger partial charge >= 0.3 is 0 Å². The Morgan fingerprint density at radius 3 is 2.71 bits per heavy atom. The number of carbonyl (C=O) groups is 2. The maximum atomic E-state index is 12.1. The quantitative estimate of drug-likeness (QED) is 0.641. The van der Waals surface area contributed by atoms with E-state index in [9.17, 15) is 19.7 Å². The standard InChI is InChI=1S/C16H17N3O4S/c1-11-6-7-24-14(11)10-18(2)15(20)9-17-16(21)12-4-3-5-13(8-12)19(22)23/h3-8H,9-10H2,1-2H3,(H,17,21). The first-order chi connectivity index (χ1) is 11.4. The van der Waals surface area contributed by atoms with E-state index in [0.29, 0.717) is 6.54 Å². The highest BCUT2D eigenvalue weighted by molar-refractivity contribution is 7.10. The molecule has 7 nitrogen and oxygen atoms in total. The van der Waals surface area contributed by atoms with Gasteiger partial charge in [0.15, 0.2) is 0 Å². The SMILES string of the molecule is Cc1ccsc1CN(C)C(=O)CNC(=O)c1cccc([N+](=O)[O-])c1. The second kappa shape index (κ2) is 7.69. The number of hydrogen-bond acceptors (Lipinski definition) is 5. The zero-order chi connectivity index (χ0) is 17.7. The number of nitro benzene ring substituents is 1. The number of aryl methyl sites for hydroxylation is 1. The molecule has 1 aromatic heterocycles. The van der Waals surface area contributed by atoms with Crippen molar-refractivity contribution in [2.45, 2.75) is 13.5 Å². The highest BCUT2D eigenvalue weighted by Gasteiger charge is 2.15. The highest BCUT2D eigenvalue weighted by Crippen LogP contribution is 2.17. The molecule has 24 heavy (non-hydrogen) atoms. The van der Waals surface area contributed by atoms with Crippen molar-refractivity contribution in [2.75, 3.05) is 13.6 Å². The molecule has 0 atom stereocenters. The largest absolute Gasteiger partial charge is 0.343 e. The van der Waals surface area contributed by atoms with Crippen molar-refractivity contribution in [3.05, 3.63) is 61.8 Å². The van der Waals surface area contributed by atoms with Crippen LogP contribution < -0.4 is 5.32 Å². The predicted octanol–water partition coefficient (Wildman–Crippen LogP) is 2.35. The number of hydrogen-bond donors (Lipinski definition) is 1. The molecule has 0 aliphatic carbocycles. The van der Waals surface area contributed by atoms with E-state index >= 15 is 0 Å². The van der Waals surface area contributed by atoms with Crippen molar-refractivity contribution in [1.82, 2.24) is 10.2 Å². The first-order valence-corrected chi connectivity index (χ1v) is 8.06. The van der Waals surface area contributed by atoms with Gasteiger partial charge in [-0.05, 0) is 30.0 Å². The molecule has 0 aliphatic heterocycles. The minimum absolute atomic E-state index is 0.147. The Kier molecular flexibility index (Phi) is 5.64. The number of carbonyl (C=O) groups excluding carboxylic acids is 2. The summed E-state index contributed by atoms with van der Waals surface area (Å²) in [4.78, 5) is 36.9. The molecule has 2 rings (SSSR count). The summed E-state index contributed by atoms with van der Waals surface area (Å²) in [5.74, 6) is -0.755. The van der Waals surface area contributed by atoms with E-state index in [0.717, 1.165) is 10.4 Å². The van der Waals surface area contributed by atoms with E-state index in [2.05, 4.69) is 5.32 Å². The summed E-state index contributed by atoms with van der Waals surface area (Å²) in [6.07, 6.45) is 0. The summed E-state index contributed by atoms with van der Waals surface area (Å²) >= 11 is 1.58. The molecule has 1 N–H and O–H groups in total. The number of nitrogens with zero attached hydrogens (tertiary/aromatic N) is 2. The fraction of sp³-hybridized carbons (Fsp3) is 0.250. The van der Waals surface area contributed by atoms with Gasteiger partial charge in [0.05, 0.1) is 18.0 Å². The lowest BCUT2D eigenvalue weighted by Crippen LogP contribution is -2.37. The monoisotopic (exact) mass is 347 g/mol. The number of amides is 2. The molecule has 126 valence electrons. The molecule has 0 saturated carbocycles. The summed E-state index contributed by atoms with van der Waals surface area (Å²) in [6, 6.07) is 7.37. The zero-order valence-electron chi connectivity index (χ0n) is 13.3. The van der Waals surface area contributed by atoms with Crippen LogP contribution in [0.3, 0.4) is 0 Å². The van der Waals surface area contributed by atoms with Crippen LogP contribution in [0.1, 0.15) is 20.8 Å². The number of non-ortho nitro benzene ring substituents is 1. The van der Waals surface area contributed by atoms with Gasteiger partial charge in [-0.25, -0.2) is 0 Å². The van der Waals surface area contributed by atoms with Gasteiger partial charge < -0.3 is 10.2 Å². The van der Waals surface area contributed by atoms with Gasteiger partial charge in [0.2, 0.25) is 5.91 Å². The second-order valence-electron chi connectivity index (χ2n) is 5.27. The number of nitrogens with one attached hydrogen (secondary N) is 1. The Hall–Kier alpha value is -2.74. The predicted molar refractivity (Wildman–Crippen MR) is 91.0 cm³/mol. The Morgan fingerprint density at radius 2 is 2.08 bits per heavy atom. The molecule has 0 radical (unpaired) electrons. The van der Waals surface area contributed by atoms with Crippen molar-refractivity contribution in [3.63, 3.8) is 0 Å². The van der Waals surface area contributed by atoms with E-state index < -0.39 is 10.8 Å². The molecule has 8 heteroatoms. The smallest absolute Gasteiger partial charge is 0.270 e. The van der Waals surface area contributed by atoms with Crippen LogP contribution in [0.5, 0.6) is 0 Å². The first kappa shape index (κ1) is 17.6. The van der Waals surface area contributed by atoms with Gasteiger partial charge in [-0.3, -0.25) is 19.7 Å². The van der Waals surface area contributed by atoms with Gasteiger partial charge in [-0.1, -0.05) is 6.07 Å². The van der Waals surface area contributed by atoms with Crippen LogP contribution in [-0.4, -0.2) is 35.2 Å². The third-order valence-corrected chi connectivity index (χ3v) is 4.50. The molecule has 0 fully saturated rings. The third-order valence-electron chi connectivity index (χ3n) is 3.49. The number of thiophene rings is 1. The van der Waals surface area contributed by atoms with Crippen LogP contribution >= 0.6 is 11.3 Å². The van der Waals surface area contributed by atoms with Crippen molar-refractivity contribution in [3.8, 4) is 0 Å². The number of benzene rings is 1. The molecular weight excluding hydrogens is 330 g/mol. The summed E-state index contributed by atoms with van der Waals surface area (Å²) in [5, 5.41) is 15.2. The van der Waals surface area contributed by atoms with Crippen LogP contribution in [0.2, 0.25) is 0 Å². The summed E-state index contributed by atoms with van der Waals surface area (Å²) < 4.78 is 0. The molecule has 2 amide bonds. The minimum atomic E-state index is -0.570. The van der Waals surface area contributed by atoms with Crippen LogP contribution in [0.15, 0.2) is 35.7 Å². The summed E-state index contributed by atoms with van der Waals surface area (Å²) in [7, 11) is 1.67. The fourth-order valence-corrected chi connectivity index (χ4v) is 2.98. The van der Waals surface area contributed by atoms with Crippen LogP contribution in [0.4, 0.5) is 5.69 Å². The Balaban J connectivity index is 1.91. The maximum absolute atomic E-state index is 12.1. The van der Waals surface area contributed by atoms with Gasteiger partial charge in [0, 0.05) is 29.6 Å². The number of likely N-dealkylation sites (N-methyl/N-ethyl adjacent to an activating group) is 1. The summed E-state index contributed by atoms with van der Waals surface area (Å²) in [6.45, 7) is 2.30. The van der Waals surface area contributed by atoms with E-state index in [-0.39, 0.29) is 23.7 Å². The van der Waals surface area contributed by atoms with Crippen molar-refractivity contribution >= 4 is 28.8 Å². The lowest BCUT2D eigenvalue weighted by Gasteiger charge is -2.17. The molecule has 0 spiro atoms. The Labute approximate surface area is 143 Å². The van der Waals surface area contributed by atoms with E-state index in [1.165, 1.54) is 29.2 Å². The molecule has 1 aromatic carbocycles. The van der Waals surface area contributed by atoms with Crippen molar-refractivity contribution in [2.24, 2.45) is 0 Å². The highest BCUT2D eigenvalue weighted by atomic mass is 32.1. The third kappa shape index (κ3) is 4.39. The normalized spacial score (nSPS) is 10.2. The molecule has 2 aromatic rings. The van der Waals surface area contributed by atoms with Crippen molar-refractivity contribution in [1.29, 1.82) is 0 Å². The second-order valence-corrected chi connectivity index (χ2v) is 6.27. The molecule has 0 unspecified atom stereocenters. The molecular formula is C16H17N3O4S. The van der Waals surface area contributed by atoms with Gasteiger partial charge in [0.1, 0.15) is 0 Å². The average Bonchev–Trinajstić information content (AvgIpc) is 2.97. The van der Waals surface area contributed by atoms with Gasteiger partial charge in [-0.15, -0.1) is 11.3 Å². The first-order valence-electron chi connectivity index (χ1n) is 7.18. The number of nitro groups is 1. The lowest BCUT2D eigenvalue weighted by molar-refractivity contribution is -0.384. The fourth-order valence-electron chi connectivity index (χ4n) is 2.02. The van der Waals surface area contributed by atoms with Crippen LogP contribution in [0.25, 0.3) is 0 Å². The maximum Gasteiger partial charge on any atom is 0.270 e. The molecule has 0 bridgehead atoms. The van der Waals surface area contributed by atoms with E-state index in [1.54, 1.807) is 18.4 Å². The Morgan fingerprint density at radius 1 is 1.33 bits per heavy atom. The molecule has 1 heterocycles. The number of rotatable bonds is 6. The topological polar surface area (TPSA) is 92.6 Å². The van der Waals surface area contributed by atoms with Gasteiger partial charge in [-0.2, -0.15) is 0 Å². The molecule has 0 aliphatic rings. The van der Waals surface area contributed by atoms with E-state index in [4.69, 9.17) is 0 Å². The molecule has 0 saturated heterocycles. The van der Waals surface area contributed by atoms with Gasteiger partial charge in [0.25, 0.3) is 11.6 Å². The van der Waals surface area contributed by atoms with Crippen LogP contribution in [0, 0.1) is 17.0 Å². The Bertz CT molecular complexity index is 772. The van der Waals surface area contributed by atoms with Crippen LogP contribution in [-0.2, 0) is 11.3 Å². The lowest BCUT2D eigenvalue weighted by atomic mass is 10.2. The zero-order valence-corrected chi connectivity index (χ0v) is 14.1. The van der Waals surface area contributed by atoms with E-state index in [1.807, 2.05) is 18.4 Å².